The van der Waals surface area contributed by atoms with Gasteiger partial charge in [-0.2, -0.15) is 5.26 Å². The first kappa shape index (κ1) is 16.9. The lowest BCUT2D eigenvalue weighted by molar-refractivity contribution is 0.389. The lowest BCUT2D eigenvalue weighted by Gasteiger charge is -2.26. The van der Waals surface area contributed by atoms with Crippen molar-refractivity contribution in [2.75, 3.05) is 12.9 Å². The molecule has 0 N–H and O–H groups in total. The second kappa shape index (κ2) is 7.04. The van der Waals surface area contributed by atoms with E-state index in [1.807, 2.05) is 0 Å². The third-order valence-electron chi connectivity index (χ3n) is 3.52. The molecule has 0 saturated carbocycles. The molecule has 0 aromatic heterocycles. The van der Waals surface area contributed by atoms with E-state index in [4.69, 9.17) is 10.00 Å². The molecule has 0 aliphatic carbocycles. The highest BCUT2D eigenvalue weighted by Crippen LogP contribution is 2.39. The van der Waals surface area contributed by atoms with E-state index in [9.17, 15) is 0 Å². The van der Waals surface area contributed by atoms with Gasteiger partial charge in [0.1, 0.15) is 11.2 Å². The predicted octanol–water partition coefficient (Wildman–Crippen LogP) is 5.01. The molecule has 1 rings (SSSR count). The summed E-state index contributed by atoms with van der Waals surface area (Å²) in [6, 6.07) is 4.44. The number of hydrogen-bond donors (Lipinski definition) is 0. The van der Waals surface area contributed by atoms with Crippen LogP contribution in [-0.4, -0.2) is 12.9 Å². The number of benzene rings is 1. The maximum atomic E-state index is 8.63. The topological polar surface area (TPSA) is 33.0 Å². The Morgan fingerprint density at radius 1 is 1.35 bits per heavy atom. The Hall–Kier alpha value is -1.14. The Morgan fingerprint density at radius 2 is 2.00 bits per heavy atom. The number of rotatable bonds is 5. The third kappa shape index (κ3) is 4.18. The van der Waals surface area contributed by atoms with Crippen molar-refractivity contribution in [1.82, 2.24) is 0 Å². The third-order valence-corrected chi connectivity index (χ3v) is 4.09. The van der Waals surface area contributed by atoms with Crippen LogP contribution in [0.3, 0.4) is 0 Å². The van der Waals surface area contributed by atoms with Crippen molar-refractivity contribution in [3.8, 4) is 11.2 Å². The molecule has 0 spiro atoms. The van der Waals surface area contributed by atoms with Crippen LogP contribution in [-0.2, 0) is 5.41 Å². The number of nitrogens with zero attached hydrogens (tertiary/aromatic N) is 1. The Bertz CT molecular complexity index is 497. The van der Waals surface area contributed by atoms with Gasteiger partial charge in [-0.15, -0.1) is 0 Å². The van der Waals surface area contributed by atoms with Crippen molar-refractivity contribution in [3.05, 3.63) is 28.8 Å². The molecule has 0 aliphatic rings. The number of thioether (sulfide) groups is 1. The smallest absolute Gasteiger partial charge is 0.133 e. The van der Waals surface area contributed by atoms with E-state index in [1.165, 1.54) is 28.5 Å². The van der Waals surface area contributed by atoms with Crippen LogP contribution in [0.5, 0.6) is 5.75 Å². The fraction of sp³-hybridized carbons (Fsp3) is 0.588. The summed E-state index contributed by atoms with van der Waals surface area (Å²) in [5.41, 5.74) is 3.85. The zero-order valence-corrected chi connectivity index (χ0v) is 14.2. The molecule has 1 atom stereocenters. The van der Waals surface area contributed by atoms with Gasteiger partial charge in [0.05, 0.1) is 7.11 Å². The van der Waals surface area contributed by atoms with Gasteiger partial charge in [0.2, 0.25) is 0 Å². The van der Waals surface area contributed by atoms with Crippen molar-refractivity contribution in [2.24, 2.45) is 0 Å². The van der Waals surface area contributed by atoms with Gasteiger partial charge in [0.25, 0.3) is 0 Å². The summed E-state index contributed by atoms with van der Waals surface area (Å²) in [6.45, 7) is 11.0. The Morgan fingerprint density at radius 3 is 2.50 bits per heavy atom. The lowest BCUT2D eigenvalue weighted by atomic mass is 9.82. The first-order chi connectivity index (χ1) is 9.31. The largest absolute Gasteiger partial charge is 0.496 e. The van der Waals surface area contributed by atoms with Crippen molar-refractivity contribution >= 4 is 11.8 Å². The zero-order chi connectivity index (χ0) is 15.3. The molecule has 0 bridgehead atoms. The molecule has 2 nitrogen and oxygen atoms in total. The highest BCUT2D eigenvalue weighted by atomic mass is 32.2. The standard InChI is InChI=1S/C17H25NOS/c1-12-9-14(13(2)7-8-20-11-18)16(19-6)15(10-12)17(3,4)5/h9-10,13H,7-8H2,1-6H3. The predicted molar refractivity (Wildman–Crippen MR) is 87.5 cm³/mol. The Labute approximate surface area is 127 Å². The SMILES string of the molecule is COc1c(C(C)CCSC#N)cc(C)cc1C(C)(C)C. The molecule has 110 valence electrons. The van der Waals surface area contributed by atoms with Gasteiger partial charge in [0.15, 0.2) is 0 Å². The fourth-order valence-electron chi connectivity index (χ4n) is 2.39. The van der Waals surface area contributed by atoms with Crippen LogP contribution in [0.2, 0.25) is 0 Å². The minimum atomic E-state index is 0.0627. The van der Waals surface area contributed by atoms with E-state index in [1.54, 1.807) is 7.11 Å². The molecule has 20 heavy (non-hydrogen) atoms. The number of thiocyanates is 1. The number of methoxy groups -OCH3 is 1. The summed E-state index contributed by atoms with van der Waals surface area (Å²) in [5, 5.41) is 10.8. The van der Waals surface area contributed by atoms with E-state index in [2.05, 4.69) is 52.2 Å². The van der Waals surface area contributed by atoms with Gasteiger partial charge in [-0.1, -0.05) is 45.4 Å². The molecular weight excluding hydrogens is 266 g/mol. The summed E-state index contributed by atoms with van der Waals surface area (Å²) >= 11 is 1.32. The summed E-state index contributed by atoms with van der Waals surface area (Å²) in [4.78, 5) is 0. The van der Waals surface area contributed by atoms with Crippen molar-refractivity contribution in [2.45, 2.75) is 52.4 Å². The van der Waals surface area contributed by atoms with Crippen molar-refractivity contribution < 1.29 is 4.74 Å². The van der Waals surface area contributed by atoms with Crippen molar-refractivity contribution in [3.63, 3.8) is 0 Å². The van der Waals surface area contributed by atoms with Crippen LogP contribution < -0.4 is 4.74 Å². The number of hydrogen-bond acceptors (Lipinski definition) is 3. The monoisotopic (exact) mass is 291 g/mol. The maximum absolute atomic E-state index is 8.63. The minimum absolute atomic E-state index is 0.0627. The molecule has 0 radical (unpaired) electrons. The molecule has 1 unspecified atom stereocenters. The highest BCUT2D eigenvalue weighted by molar-refractivity contribution is 8.03. The summed E-state index contributed by atoms with van der Waals surface area (Å²) in [5.74, 6) is 2.27. The minimum Gasteiger partial charge on any atom is -0.496 e. The molecule has 1 aromatic carbocycles. The highest BCUT2D eigenvalue weighted by Gasteiger charge is 2.23. The normalized spacial score (nSPS) is 12.8. The quantitative estimate of drug-likeness (QED) is 0.565. The van der Waals surface area contributed by atoms with Crippen LogP contribution in [0.25, 0.3) is 0 Å². The molecule has 1 aromatic rings. The molecule has 0 aliphatic heterocycles. The molecule has 0 fully saturated rings. The average molecular weight is 291 g/mol. The summed E-state index contributed by atoms with van der Waals surface area (Å²) < 4.78 is 5.71. The van der Waals surface area contributed by atoms with Crippen molar-refractivity contribution in [1.29, 1.82) is 5.26 Å². The second-order valence-electron chi connectivity index (χ2n) is 6.31. The van der Waals surface area contributed by atoms with Crippen LogP contribution in [0.1, 0.15) is 56.7 Å². The number of ether oxygens (including phenoxy) is 1. The molecular formula is C17H25NOS. The Balaban J connectivity index is 3.19. The first-order valence-corrected chi connectivity index (χ1v) is 7.99. The molecule has 0 heterocycles. The number of aryl methyl sites for hydroxylation is 1. The van der Waals surface area contributed by atoms with Crippen LogP contribution >= 0.6 is 11.8 Å². The summed E-state index contributed by atoms with van der Waals surface area (Å²) in [7, 11) is 1.75. The van der Waals surface area contributed by atoms with Gasteiger partial charge < -0.3 is 4.74 Å². The fourth-order valence-corrected chi connectivity index (χ4v) is 2.95. The van der Waals surface area contributed by atoms with Gasteiger partial charge in [-0.05, 0) is 42.0 Å². The van der Waals surface area contributed by atoms with E-state index in [-0.39, 0.29) is 5.41 Å². The van der Waals surface area contributed by atoms with Crippen LogP contribution in [0.15, 0.2) is 12.1 Å². The molecule has 0 amide bonds. The Kier molecular flexibility index (Phi) is 5.95. The lowest BCUT2D eigenvalue weighted by Crippen LogP contribution is -2.15. The second-order valence-corrected chi connectivity index (χ2v) is 7.19. The number of nitriles is 1. The molecule has 3 heteroatoms. The van der Waals surface area contributed by atoms with E-state index in [0.29, 0.717) is 5.92 Å². The maximum Gasteiger partial charge on any atom is 0.133 e. The first-order valence-electron chi connectivity index (χ1n) is 7.01. The van der Waals surface area contributed by atoms with Gasteiger partial charge >= 0.3 is 0 Å². The molecule has 0 saturated heterocycles. The van der Waals surface area contributed by atoms with E-state index >= 15 is 0 Å². The van der Waals surface area contributed by atoms with Crippen LogP contribution in [0.4, 0.5) is 0 Å². The average Bonchev–Trinajstić information content (AvgIpc) is 2.36. The van der Waals surface area contributed by atoms with Gasteiger partial charge in [0, 0.05) is 11.3 Å². The van der Waals surface area contributed by atoms with Gasteiger partial charge in [-0.3, -0.25) is 0 Å². The zero-order valence-electron chi connectivity index (χ0n) is 13.4. The summed E-state index contributed by atoms with van der Waals surface area (Å²) in [6.07, 6.45) is 0.988. The van der Waals surface area contributed by atoms with E-state index in [0.717, 1.165) is 17.9 Å². The van der Waals surface area contributed by atoms with Crippen LogP contribution in [0, 0.1) is 17.6 Å². The van der Waals surface area contributed by atoms with Gasteiger partial charge in [-0.25, -0.2) is 0 Å². The van der Waals surface area contributed by atoms with E-state index < -0.39 is 0 Å².